The zero-order valence-corrected chi connectivity index (χ0v) is 14.9. The molecule has 6 nitrogen and oxygen atoms in total. The number of nitrogens with zero attached hydrogens (tertiary/aromatic N) is 1. The van der Waals surface area contributed by atoms with Gasteiger partial charge in [0.25, 0.3) is 11.8 Å². The Morgan fingerprint density at radius 1 is 1.15 bits per heavy atom. The average Bonchev–Trinajstić information content (AvgIpc) is 2.66. The third kappa shape index (κ3) is 5.83. The van der Waals surface area contributed by atoms with Crippen molar-refractivity contribution < 1.29 is 14.3 Å². The molecule has 7 heteroatoms. The molecule has 2 aromatic rings. The van der Waals surface area contributed by atoms with Crippen molar-refractivity contribution in [2.45, 2.75) is 5.75 Å². The van der Waals surface area contributed by atoms with E-state index in [2.05, 4.69) is 11.4 Å². The first-order chi connectivity index (χ1) is 12.6. The number of thioether (sulfide) groups is 1. The first kappa shape index (κ1) is 19.3. The van der Waals surface area contributed by atoms with Gasteiger partial charge in [0.2, 0.25) is 0 Å². The molecule has 0 bridgehead atoms. The number of ether oxygens (including phenoxy) is 1. The maximum absolute atomic E-state index is 11.8. The summed E-state index contributed by atoms with van der Waals surface area (Å²) in [5.74, 6) is 0.834. The van der Waals surface area contributed by atoms with Gasteiger partial charge in [0.1, 0.15) is 5.75 Å². The molecule has 2 amide bonds. The molecular formula is C19H19N3O3S. The van der Waals surface area contributed by atoms with E-state index in [-0.39, 0.29) is 23.8 Å². The Balaban J connectivity index is 1.68. The van der Waals surface area contributed by atoms with E-state index in [0.717, 1.165) is 5.56 Å². The second kappa shape index (κ2) is 10.1. The summed E-state index contributed by atoms with van der Waals surface area (Å²) < 4.78 is 5.36. The second-order valence-corrected chi connectivity index (χ2v) is 6.43. The van der Waals surface area contributed by atoms with Gasteiger partial charge in [-0.15, -0.1) is 0 Å². The minimum absolute atomic E-state index is 0.188. The van der Waals surface area contributed by atoms with Crippen molar-refractivity contribution in [2.24, 2.45) is 5.73 Å². The van der Waals surface area contributed by atoms with Crippen LogP contribution in [0.25, 0.3) is 0 Å². The molecule has 0 fully saturated rings. The Hall–Kier alpha value is -2.98. The summed E-state index contributed by atoms with van der Waals surface area (Å²) in [6.07, 6.45) is 0. The zero-order valence-electron chi connectivity index (χ0n) is 14.1. The first-order valence-electron chi connectivity index (χ1n) is 7.96. The Bertz CT molecular complexity index is 818. The van der Waals surface area contributed by atoms with Crippen molar-refractivity contribution >= 4 is 23.6 Å². The highest BCUT2D eigenvalue weighted by atomic mass is 32.2. The number of amides is 2. The van der Waals surface area contributed by atoms with Crippen molar-refractivity contribution in [2.75, 3.05) is 18.9 Å². The smallest absolute Gasteiger partial charge is 0.257 e. The van der Waals surface area contributed by atoms with E-state index in [1.54, 1.807) is 42.1 Å². The quantitative estimate of drug-likeness (QED) is 0.659. The monoisotopic (exact) mass is 369 g/mol. The van der Waals surface area contributed by atoms with Gasteiger partial charge in [0.15, 0.2) is 6.61 Å². The van der Waals surface area contributed by atoms with Gasteiger partial charge in [-0.1, -0.05) is 30.3 Å². The molecule has 26 heavy (non-hydrogen) atoms. The van der Waals surface area contributed by atoms with Crippen molar-refractivity contribution in [3.63, 3.8) is 0 Å². The number of primary amides is 1. The van der Waals surface area contributed by atoms with Crippen LogP contribution in [0.15, 0.2) is 48.5 Å². The molecular weight excluding hydrogens is 350 g/mol. The van der Waals surface area contributed by atoms with Crippen LogP contribution in [-0.2, 0) is 10.5 Å². The second-order valence-electron chi connectivity index (χ2n) is 5.32. The van der Waals surface area contributed by atoms with E-state index >= 15 is 0 Å². The van der Waals surface area contributed by atoms with Crippen molar-refractivity contribution in [1.82, 2.24) is 5.32 Å². The lowest BCUT2D eigenvalue weighted by Gasteiger charge is -2.10. The normalized spacial score (nSPS) is 9.96. The van der Waals surface area contributed by atoms with Gasteiger partial charge in [-0.05, 0) is 23.8 Å². The maximum Gasteiger partial charge on any atom is 0.257 e. The molecule has 3 N–H and O–H groups in total. The number of rotatable bonds is 9. The van der Waals surface area contributed by atoms with Crippen molar-refractivity contribution in [3.05, 3.63) is 65.2 Å². The molecule has 134 valence electrons. The molecule has 2 rings (SSSR count). The fraction of sp³-hybridized carbons (Fsp3) is 0.211. The third-order valence-electron chi connectivity index (χ3n) is 3.48. The van der Waals surface area contributed by atoms with Crippen LogP contribution in [0.1, 0.15) is 21.5 Å². The summed E-state index contributed by atoms with van der Waals surface area (Å²) in [5, 5.41) is 11.8. The fourth-order valence-electron chi connectivity index (χ4n) is 2.19. The van der Waals surface area contributed by atoms with Gasteiger partial charge in [-0.3, -0.25) is 9.59 Å². The number of carbonyl (C=O) groups is 2. The molecule has 0 aliphatic rings. The first-order valence-corrected chi connectivity index (χ1v) is 9.11. The summed E-state index contributed by atoms with van der Waals surface area (Å²) in [6, 6.07) is 16.1. The zero-order chi connectivity index (χ0) is 18.8. The lowest BCUT2D eigenvalue weighted by atomic mass is 10.1. The largest absolute Gasteiger partial charge is 0.483 e. The Morgan fingerprint density at radius 2 is 1.88 bits per heavy atom. The Kier molecular flexibility index (Phi) is 7.52. The molecule has 2 aromatic carbocycles. The number of nitrogens with two attached hydrogens (primary N) is 1. The lowest BCUT2D eigenvalue weighted by molar-refractivity contribution is -0.122. The van der Waals surface area contributed by atoms with E-state index in [9.17, 15) is 9.59 Å². The molecule has 0 aliphatic heterocycles. The van der Waals surface area contributed by atoms with Crippen LogP contribution in [-0.4, -0.2) is 30.7 Å². The highest BCUT2D eigenvalue weighted by Crippen LogP contribution is 2.17. The van der Waals surface area contributed by atoms with Gasteiger partial charge in [-0.2, -0.15) is 17.0 Å². The SMILES string of the molecule is N#Cc1ccccc1CSCCNC(=O)COc1ccccc1C(N)=O. The number of nitrogens with one attached hydrogen (secondary N) is 1. The summed E-state index contributed by atoms with van der Waals surface area (Å²) in [5.41, 5.74) is 7.16. The van der Waals surface area contributed by atoms with Gasteiger partial charge < -0.3 is 15.8 Å². The molecule has 0 unspecified atom stereocenters. The number of hydrogen-bond acceptors (Lipinski definition) is 5. The van der Waals surface area contributed by atoms with Gasteiger partial charge in [-0.25, -0.2) is 0 Å². The van der Waals surface area contributed by atoms with E-state index in [1.807, 2.05) is 18.2 Å². The van der Waals surface area contributed by atoms with Crippen molar-refractivity contribution in [1.29, 1.82) is 5.26 Å². The van der Waals surface area contributed by atoms with Crippen LogP contribution in [0.5, 0.6) is 5.75 Å². The fourth-order valence-corrected chi connectivity index (χ4v) is 3.05. The third-order valence-corrected chi connectivity index (χ3v) is 4.48. The Labute approximate surface area is 156 Å². The molecule has 0 saturated heterocycles. The topological polar surface area (TPSA) is 105 Å². The summed E-state index contributed by atoms with van der Waals surface area (Å²) in [7, 11) is 0. The molecule has 0 aromatic heterocycles. The summed E-state index contributed by atoms with van der Waals surface area (Å²) in [6.45, 7) is 0.297. The minimum atomic E-state index is -0.602. The number of hydrogen-bond donors (Lipinski definition) is 2. The standard InChI is InChI=1S/C19H19N3O3S/c20-11-14-5-1-2-6-15(14)13-26-10-9-22-18(23)12-25-17-8-4-3-7-16(17)19(21)24/h1-8H,9-10,12-13H2,(H2,21,24)(H,22,23). The van der Waals surface area contributed by atoms with Gasteiger partial charge in [0, 0.05) is 18.1 Å². The van der Waals surface area contributed by atoms with E-state index in [1.165, 1.54) is 0 Å². The van der Waals surface area contributed by atoms with Crippen LogP contribution in [0.2, 0.25) is 0 Å². The molecule has 0 radical (unpaired) electrons. The van der Waals surface area contributed by atoms with Crippen LogP contribution in [0.3, 0.4) is 0 Å². The van der Waals surface area contributed by atoms with E-state index in [4.69, 9.17) is 15.7 Å². The number of para-hydroxylation sites is 1. The predicted molar refractivity (Wildman–Crippen MR) is 101 cm³/mol. The molecule has 0 spiro atoms. The molecule has 0 heterocycles. The van der Waals surface area contributed by atoms with Crippen LogP contribution >= 0.6 is 11.8 Å². The van der Waals surface area contributed by atoms with Gasteiger partial charge in [0.05, 0.1) is 17.2 Å². The average molecular weight is 369 g/mol. The van der Waals surface area contributed by atoms with Gasteiger partial charge >= 0.3 is 0 Å². The molecule has 0 atom stereocenters. The highest BCUT2D eigenvalue weighted by Gasteiger charge is 2.10. The maximum atomic E-state index is 11.8. The lowest BCUT2D eigenvalue weighted by Crippen LogP contribution is -2.31. The summed E-state index contributed by atoms with van der Waals surface area (Å²) >= 11 is 1.63. The van der Waals surface area contributed by atoms with E-state index < -0.39 is 5.91 Å². The van der Waals surface area contributed by atoms with Crippen molar-refractivity contribution in [3.8, 4) is 11.8 Å². The van der Waals surface area contributed by atoms with Crippen LogP contribution < -0.4 is 15.8 Å². The minimum Gasteiger partial charge on any atom is -0.483 e. The highest BCUT2D eigenvalue weighted by molar-refractivity contribution is 7.98. The molecule has 0 aliphatic carbocycles. The Morgan fingerprint density at radius 3 is 2.65 bits per heavy atom. The van der Waals surface area contributed by atoms with Crippen LogP contribution in [0, 0.1) is 11.3 Å². The number of nitriles is 1. The van der Waals surface area contributed by atoms with E-state index in [0.29, 0.717) is 23.6 Å². The number of carbonyl (C=O) groups excluding carboxylic acids is 2. The summed E-state index contributed by atoms with van der Waals surface area (Å²) in [4.78, 5) is 23.1. The number of benzene rings is 2. The van der Waals surface area contributed by atoms with Crippen LogP contribution in [0.4, 0.5) is 0 Å². The predicted octanol–water partition coefficient (Wildman–Crippen LogP) is 2.09. The molecule has 0 saturated carbocycles.